The first kappa shape index (κ1) is 25.3. The van der Waals surface area contributed by atoms with Crippen molar-refractivity contribution >= 4 is 35.0 Å². The molecule has 0 spiro atoms. The van der Waals surface area contributed by atoms with Gasteiger partial charge in [0.2, 0.25) is 11.8 Å². The van der Waals surface area contributed by atoms with Crippen molar-refractivity contribution in [1.82, 2.24) is 10.2 Å². The average molecular weight is 495 g/mol. The lowest BCUT2D eigenvalue weighted by molar-refractivity contribution is -0.140. The predicted octanol–water partition coefficient (Wildman–Crippen LogP) is 5.64. The Morgan fingerprint density at radius 2 is 1.79 bits per heavy atom. The predicted molar refractivity (Wildman–Crippen MR) is 128 cm³/mol. The van der Waals surface area contributed by atoms with E-state index in [1.807, 2.05) is 12.1 Å². The summed E-state index contributed by atoms with van der Waals surface area (Å²) >= 11 is 12.3. The smallest absolute Gasteiger partial charge is 0.247 e. The molecule has 1 fully saturated rings. The number of carbonyl (C=O) groups excluding carboxylic acids is 2. The molecule has 178 valence electrons. The number of rotatable bonds is 8. The number of methoxy groups -OCH3 is 1. The maximum atomic E-state index is 13.8. The highest BCUT2D eigenvalue weighted by molar-refractivity contribution is 6.31. The fraction of sp³-hybridized carbons (Fsp3) is 0.440. The van der Waals surface area contributed by atoms with E-state index in [1.54, 1.807) is 19.2 Å². The molecule has 1 unspecified atom stereocenters. The van der Waals surface area contributed by atoms with Crippen LogP contribution in [-0.2, 0) is 16.1 Å². The number of alkyl halides is 1. The maximum Gasteiger partial charge on any atom is 0.247 e. The van der Waals surface area contributed by atoms with Gasteiger partial charge in [0.15, 0.2) is 0 Å². The Balaban J connectivity index is 1.96. The summed E-state index contributed by atoms with van der Waals surface area (Å²) in [7, 11) is 1.57. The Kier molecular flexibility index (Phi) is 9.39. The maximum absolute atomic E-state index is 13.8. The van der Waals surface area contributed by atoms with Crippen molar-refractivity contribution in [2.24, 2.45) is 0 Å². The van der Waals surface area contributed by atoms with Crippen LogP contribution < -0.4 is 10.1 Å². The van der Waals surface area contributed by atoms with Crippen molar-refractivity contribution in [2.45, 2.75) is 57.2 Å². The van der Waals surface area contributed by atoms with Gasteiger partial charge in [-0.25, -0.2) is 4.39 Å². The van der Waals surface area contributed by atoms with Gasteiger partial charge in [-0.15, -0.1) is 11.6 Å². The number of hydrogen-bond donors (Lipinski definition) is 1. The minimum atomic E-state index is -1.05. The molecule has 0 radical (unpaired) electrons. The molecule has 0 heterocycles. The van der Waals surface area contributed by atoms with Crippen LogP contribution >= 0.6 is 23.2 Å². The molecule has 1 aliphatic rings. The minimum absolute atomic E-state index is 0.0238. The van der Waals surface area contributed by atoms with E-state index in [0.29, 0.717) is 11.3 Å². The van der Waals surface area contributed by atoms with Crippen LogP contribution in [0.1, 0.15) is 55.7 Å². The molecule has 2 amide bonds. The fourth-order valence-corrected chi connectivity index (χ4v) is 4.63. The molecule has 1 aliphatic carbocycles. The Bertz CT molecular complexity index is 947. The van der Waals surface area contributed by atoms with Gasteiger partial charge in [-0.3, -0.25) is 9.59 Å². The molecular weight excluding hydrogens is 466 g/mol. The number of halogens is 3. The van der Waals surface area contributed by atoms with Gasteiger partial charge in [-0.1, -0.05) is 55.5 Å². The molecule has 0 aromatic heterocycles. The van der Waals surface area contributed by atoms with E-state index in [4.69, 9.17) is 27.9 Å². The number of nitrogens with zero attached hydrogens (tertiary/aromatic N) is 1. The summed E-state index contributed by atoms with van der Waals surface area (Å²) in [5.74, 6) is -0.908. The number of nitrogens with one attached hydrogen (secondary N) is 1. The van der Waals surface area contributed by atoms with Gasteiger partial charge in [0, 0.05) is 23.2 Å². The molecule has 1 atom stereocenters. The summed E-state index contributed by atoms with van der Waals surface area (Å²) in [6.07, 6.45) is 6.16. The van der Waals surface area contributed by atoms with Crippen LogP contribution in [-0.4, -0.2) is 35.7 Å². The Hall–Kier alpha value is -2.31. The number of hydrogen-bond acceptors (Lipinski definition) is 3. The lowest BCUT2D eigenvalue weighted by atomic mass is 10.0. The van der Waals surface area contributed by atoms with E-state index in [9.17, 15) is 14.0 Å². The summed E-state index contributed by atoms with van der Waals surface area (Å²) in [5, 5.41) is 3.20. The van der Waals surface area contributed by atoms with Crippen LogP contribution in [0.5, 0.6) is 5.75 Å². The largest absolute Gasteiger partial charge is 0.497 e. The first-order valence-corrected chi connectivity index (χ1v) is 12.1. The van der Waals surface area contributed by atoms with Crippen molar-refractivity contribution in [3.05, 3.63) is 64.4 Å². The zero-order valence-electron chi connectivity index (χ0n) is 18.7. The second kappa shape index (κ2) is 12.2. The van der Waals surface area contributed by atoms with Gasteiger partial charge < -0.3 is 15.0 Å². The van der Waals surface area contributed by atoms with Crippen LogP contribution in [0.4, 0.5) is 4.39 Å². The van der Waals surface area contributed by atoms with Gasteiger partial charge in [0.1, 0.15) is 23.5 Å². The molecule has 2 aromatic rings. The topological polar surface area (TPSA) is 58.6 Å². The van der Waals surface area contributed by atoms with E-state index in [0.717, 1.165) is 50.2 Å². The van der Waals surface area contributed by atoms with Crippen molar-refractivity contribution in [3.8, 4) is 5.75 Å². The van der Waals surface area contributed by atoms with Gasteiger partial charge in [0.25, 0.3) is 0 Å². The number of ether oxygens (including phenoxy) is 1. The van der Waals surface area contributed by atoms with Gasteiger partial charge in [-0.2, -0.15) is 0 Å². The zero-order chi connectivity index (χ0) is 23.8. The molecule has 3 rings (SSSR count). The SMILES string of the molecule is COc1ccc(CN(C(=O)CCl)C(C(=O)NC2CCCCCC2)c2ccc(F)cc2Cl)cc1. The second-order valence-corrected chi connectivity index (χ2v) is 8.94. The third-order valence-corrected chi connectivity index (χ3v) is 6.52. The molecular formula is C25H29Cl2FN2O3. The van der Waals surface area contributed by atoms with E-state index >= 15 is 0 Å². The molecule has 2 aromatic carbocycles. The summed E-state index contributed by atoms with van der Waals surface area (Å²) in [6, 6.07) is 10.0. The number of carbonyl (C=O) groups is 2. The van der Waals surface area contributed by atoms with Crippen molar-refractivity contribution < 1.29 is 18.7 Å². The van der Waals surface area contributed by atoms with Crippen molar-refractivity contribution in [1.29, 1.82) is 0 Å². The second-order valence-electron chi connectivity index (χ2n) is 8.27. The molecule has 1 N–H and O–H groups in total. The van der Waals surface area contributed by atoms with Crippen LogP contribution in [0.3, 0.4) is 0 Å². The van der Waals surface area contributed by atoms with Crippen molar-refractivity contribution in [3.63, 3.8) is 0 Å². The quantitative estimate of drug-likeness (QED) is 0.381. The highest BCUT2D eigenvalue weighted by Crippen LogP contribution is 2.31. The average Bonchev–Trinajstić information content (AvgIpc) is 3.08. The Morgan fingerprint density at radius 3 is 2.36 bits per heavy atom. The van der Waals surface area contributed by atoms with E-state index in [1.165, 1.54) is 17.0 Å². The van der Waals surface area contributed by atoms with Crippen LogP contribution in [0.2, 0.25) is 5.02 Å². The van der Waals surface area contributed by atoms with Crippen LogP contribution in [0, 0.1) is 5.82 Å². The van der Waals surface area contributed by atoms with Gasteiger partial charge in [0.05, 0.1) is 7.11 Å². The van der Waals surface area contributed by atoms with Gasteiger partial charge in [-0.05, 0) is 42.7 Å². The molecule has 1 saturated carbocycles. The lowest BCUT2D eigenvalue weighted by Gasteiger charge is -2.33. The number of benzene rings is 2. The standard InChI is InChI=1S/C25H29Cl2FN2O3/c1-33-20-11-8-17(9-12-20)16-30(23(31)15-26)24(21-13-10-18(28)14-22(21)27)25(32)29-19-6-4-2-3-5-7-19/h8-14,19,24H,2-7,15-16H2,1H3,(H,29,32). The summed E-state index contributed by atoms with van der Waals surface area (Å²) in [4.78, 5) is 28.0. The molecule has 0 saturated heterocycles. The lowest BCUT2D eigenvalue weighted by Crippen LogP contribution is -2.46. The third-order valence-electron chi connectivity index (χ3n) is 5.97. The summed E-state index contributed by atoms with van der Waals surface area (Å²) < 4.78 is 19.0. The number of amides is 2. The normalized spacial score (nSPS) is 15.4. The monoisotopic (exact) mass is 494 g/mol. The van der Waals surface area contributed by atoms with Crippen LogP contribution in [0.15, 0.2) is 42.5 Å². The first-order valence-electron chi connectivity index (χ1n) is 11.2. The highest BCUT2D eigenvalue weighted by atomic mass is 35.5. The third kappa shape index (κ3) is 6.84. The van der Waals surface area contributed by atoms with E-state index in [2.05, 4.69) is 5.32 Å². The van der Waals surface area contributed by atoms with Gasteiger partial charge >= 0.3 is 0 Å². The molecule has 33 heavy (non-hydrogen) atoms. The van der Waals surface area contributed by atoms with E-state index in [-0.39, 0.29) is 29.4 Å². The first-order chi connectivity index (χ1) is 15.9. The highest BCUT2D eigenvalue weighted by Gasteiger charge is 2.34. The molecule has 5 nitrogen and oxygen atoms in total. The minimum Gasteiger partial charge on any atom is -0.497 e. The fourth-order valence-electron chi connectivity index (χ4n) is 4.21. The summed E-state index contributed by atoms with van der Waals surface area (Å²) in [6.45, 7) is 0.131. The van der Waals surface area contributed by atoms with Crippen molar-refractivity contribution in [2.75, 3.05) is 13.0 Å². The molecule has 0 aliphatic heterocycles. The zero-order valence-corrected chi connectivity index (χ0v) is 20.2. The molecule has 0 bridgehead atoms. The summed E-state index contributed by atoms with van der Waals surface area (Å²) in [5.41, 5.74) is 1.15. The molecule has 8 heteroatoms. The van der Waals surface area contributed by atoms with Crippen LogP contribution in [0.25, 0.3) is 0 Å². The van der Waals surface area contributed by atoms with E-state index < -0.39 is 17.8 Å². The Morgan fingerprint density at radius 1 is 1.12 bits per heavy atom. The Labute approximate surface area is 204 Å².